The zero-order valence-electron chi connectivity index (χ0n) is 17.0. The Bertz CT molecular complexity index is 1050. The molecule has 148 valence electrons. The van der Waals surface area contributed by atoms with Crippen molar-refractivity contribution in [2.24, 2.45) is 28.8 Å². The summed E-state index contributed by atoms with van der Waals surface area (Å²) < 4.78 is 2.21. The Labute approximate surface area is 170 Å². The first kappa shape index (κ1) is 18.1. The third-order valence-corrected chi connectivity index (χ3v) is 6.84. The second-order valence-corrected chi connectivity index (χ2v) is 8.38. The first-order valence-electron chi connectivity index (χ1n) is 10.4. The molecule has 1 saturated carbocycles. The van der Waals surface area contributed by atoms with Gasteiger partial charge in [-0.1, -0.05) is 37.3 Å². The molecule has 1 aromatic heterocycles. The molecule has 0 unspecified atom stereocenters. The van der Waals surface area contributed by atoms with E-state index in [1.165, 1.54) is 5.56 Å². The van der Waals surface area contributed by atoms with E-state index >= 15 is 0 Å². The Morgan fingerprint density at radius 2 is 1.72 bits per heavy atom. The van der Waals surface area contributed by atoms with Crippen molar-refractivity contribution in [3.63, 3.8) is 0 Å². The molecule has 5 nitrogen and oxygen atoms in total. The molecule has 0 N–H and O–H groups in total. The highest BCUT2D eigenvalue weighted by Crippen LogP contribution is 2.52. The molecule has 0 radical (unpaired) electrons. The highest BCUT2D eigenvalue weighted by molar-refractivity contribution is 6.06. The van der Waals surface area contributed by atoms with E-state index in [1.807, 2.05) is 13.0 Å². The van der Waals surface area contributed by atoms with Gasteiger partial charge in [0.15, 0.2) is 0 Å². The number of amides is 2. The lowest BCUT2D eigenvalue weighted by Gasteiger charge is -2.14. The zero-order valence-corrected chi connectivity index (χ0v) is 17.0. The zero-order chi connectivity index (χ0) is 20.3. The molecule has 2 amide bonds. The lowest BCUT2D eigenvalue weighted by molar-refractivity contribution is -0.140. The molecular weight excluding hydrogens is 362 g/mol. The summed E-state index contributed by atoms with van der Waals surface area (Å²) in [7, 11) is 0. The van der Waals surface area contributed by atoms with Gasteiger partial charge < -0.3 is 4.57 Å². The van der Waals surface area contributed by atoms with Crippen LogP contribution in [0, 0.1) is 37.5 Å². The van der Waals surface area contributed by atoms with Crippen molar-refractivity contribution < 1.29 is 9.59 Å². The highest BCUT2D eigenvalue weighted by atomic mass is 16.2. The number of fused-ring (bicyclic) bond motifs is 5. The molecule has 2 fully saturated rings. The minimum Gasteiger partial charge on any atom is -0.318 e. The summed E-state index contributed by atoms with van der Waals surface area (Å²) in [6, 6.07) is 10.4. The van der Waals surface area contributed by atoms with E-state index in [4.69, 9.17) is 0 Å². The number of rotatable bonds is 4. The van der Waals surface area contributed by atoms with Crippen molar-refractivity contribution in [3.8, 4) is 5.69 Å². The molecule has 2 bridgehead atoms. The average Bonchev–Trinajstić information content (AvgIpc) is 3.45. The van der Waals surface area contributed by atoms with Crippen molar-refractivity contribution in [3.05, 3.63) is 65.0 Å². The Balaban J connectivity index is 1.46. The van der Waals surface area contributed by atoms with E-state index in [0.717, 1.165) is 40.5 Å². The summed E-state index contributed by atoms with van der Waals surface area (Å²) >= 11 is 0. The van der Waals surface area contributed by atoms with Crippen molar-refractivity contribution in [1.82, 2.24) is 9.58 Å². The summed E-state index contributed by atoms with van der Waals surface area (Å²) in [5.41, 5.74) is 5.51. The van der Waals surface area contributed by atoms with Gasteiger partial charge in [0.2, 0.25) is 0 Å². The van der Waals surface area contributed by atoms with E-state index in [1.54, 1.807) is 6.21 Å². The van der Waals surface area contributed by atoms with Gasteiger partial charge >= 0.3 is 0 Å². The average molecular weight is 387 g/mol. The van der Waals surface area contributed by atoms with Crippen LogP contribution in [0.15, 0.2) is 47.6 Å². The Kier molecular flexibility index (Phi) is 4.09. The van der Waals surface area contributed by atoms with Crippen molar-refractivity contribution >= 4 is 18.0 Å². The standard InChI is InChI=1S/C24H25N3O2/c1-4-16-7-5-6-8-20(16)26-14(2)11-19(15(26)3)13-25-27-23(28)21-17-9-10-18(12-17)22(21)24(27)29/h5-11,13,17-18,21-22H,4,12H2,1-3H3/t17-,18-,21-,22+/m0/s1. The van der Waals surface area contributed by atoms with Crippen LogP contribution in [-0.4, -0.2) is 27.6 Å². The van der Waals surface area contributed by atoms with Gasteiger partial charge in [-0.15, -0.1) is 0 Å². The second kappa shape index (κ2) is 6.55. The van der Waals surface area contributed by atoms with Crippen molar-refractivity contribution in [1.29, 1.82) is 0 Å². The largest absolute Gasteiger partial charge is 0.318 e. The van der Waals surface area contributed by atoms with Crippen molar-refractivity contribution in [2.75, 3.05) is 0 Å². The third kappa shape index (κ3) is 2.56. The molecule has 4 atom stereocenters. The van der Waals surface area contributed by atoms with Crippen LogP contribution in [0.2, 0.25) is 0 Å². The summed E-state index contributed by atoms with van der Waals surface area (Å²) in [6.45, 7) is 6.27. The number of benzene rings is 1. The molecule has 2 aliphatic carbocycles. The van der Waals surface area contributed by atoms with E-state index in [2.05, 4.69) is 59.9 Å². The van der Waals surface area contributed by atoms with Crippen LogP contribution >= 0.6 is 0 Å². The quantitative estimate of drug-likeness (QED) is 0.455. The second-order valence-electron chi connectivity index (χ2n) is 8.38. The Hall–Kier alpha value is -2.95. The van der Waals surface area contributed by atoms with Crippen LogP contribution in [0.4, 0.5) is 0 Å². The number of allylic oxidation sites excluding steroid dienone is 2. The van der Waals surface area contributed by atoms with E-state index < -0.39 is 0 Å². The summed E-state index contributed by atoms with van der Waals surface area (Å²) in [5.74, 6) is -0.289. The fraction of sp³-hybridized carbons (Fsp3) is 0.375. The maximum Gasteiger partial charge on any atom is 0.254 e. The van der Waals surface area contributed by atoms with E-state index in [0.29, 0.717) is 0 Å². The number of hydrogen-bond donors (Lipinski definition) is 0. The van der Waals surface area contributed by atoms with E-state index in [-0.39, 0.29) is 35.5 Å². The minimum atomic E-state index is -0.210. The number of aryl methyl sites for hydroxylation is 2. The summed E-state index contributed by atoms with van der Waals surface area (Å²) in [5, 5.41) is 5.47. The smallest absolute Gasteiger partial charge is 0.254 e. The normalized spacial score (nSPS) is 27.6. The number of carbonyl (C=O) groups excluding carboxylic acids is 2. The first-order valence-corrected chi connectivity index (χ1v) is 10.4. The molecule has 2 heterocycles. The van der Waals surface area contributed by atoms with Gasteiger partial charge in [-0.2, -0.15) is 10.1 Å². The lowest BCUT2D eigenvalue weighted by atomic mass is 9.85. The number of hydrazone groups is 1. The van der Waals surface area contributed by atoms with Gasteiger partial charge in [0, 0.05) is 22.6 Å². The molecule has 1 aromatic carbocycles. The molecule has 29 heavy (non-hydrogen) atoms. The number of hydrogen-bond acceptors (Lipinski definition) is 3. The van der Waals surface area contributed by atoms with Crippen LogP contribution in [0.25, 0.3) is 5.69 Å². The number of aromatic nitrogens is 1. The highest BCUT2D eigenvalue weighted by Gasteiger charge is 2.59. The van der Waals surface area contributed by atoms with Crippen LogP contribution < -0.4 is 0 Å². The number of imide groups is 1. The maximum absolute atomic E-state index is 12.8. The maximum atomic E-state index is 12.8. The van der Waals surface area contributed by atoms with Crippen LogP contribution in [-0.2, 0) is 16.0 Å². The van der Waals surface area contributed by atoms with Gasteiger partial charge in [0.25, 0.3) is 11.8 Å². The van der Waals surface area contributed by atoms with Gasteiger partial charge in [-0.3, -0.25) is 9.59 Å². The number of carbonyl (C=O) groups is 2. The van der Waals surface area contributed by atoms with Gasteiger partial charge in [0.05, 0.1) is 18.1 Å². The van der Waals surface area contributed by atoms with Crippen molar-refractivity contribution in [2.45, 2.75) is 33.6 Å². The molecule has 1 aliphatic heterocycles. The SMILES string of the molecule is CCc1ccccc1-n1c(C)cc(C=NN2C(=O)[C@@H]3[C@H](C2=O)[C@H]2C=C[C@H]3C2)c1C. The van der Waals surface area contributed by atoms with E-state index in [9.17, 15) is 9.59 Å². The summed E-state index contributed by atoms with van der Waals surface area (Å²) in [4.78, 5) is 25.6. The van der Waals surface area contributed by atoms with Crippen LogP contribution in [0.3, 0.4) is 0 Å². The Morgan fingerprint density at radius 1 is 1.07 bits per heavy atom. The first-order chi connectivity index (χ1) is 14.0. The van der Waals surface area contributed by atoms with Crippen LogP contribution in [0.1, 0.15) is 35.9 Å². The third-order valence-electron chi connectivity index (χ3n) is 6.84. The predicted octanol–water partition coefficient (Wildman–Crippen LogP) is 3.80. The number of para-hydroxylation sites is 1. The minimum absolute atomic E-state index is 0.141. The molecule has 0 spiro atoms. The molecule has 1 saturated heterocycles. The van der Waals surface area contributed by atoms with Gasteiger partial charge in [-0.25, -0.2) is 0 Å². The molecule has 5 heteroatoms. The topological polar surface area (TPSA) is 54.7 Å². The van der Waals surface area contributed by atoms with Crippen LogP contribution in [0.5, 0.6) is 0 Å². The van der Waals surface area contributed by atoms with Gasteiger partial charge in [-0.05, 0) is 56.2 Å². The number of nitrogens with zero attached hydrogens (tertiary/aromatic N) is 3. The molecular formula is C24H25N3O2. The van der Waals surface area contributed by atoms with Gasteiger partial charge in [0.1, 0.15) is 0 Å². The fourth-order valence-corrected chi connectivity index (χ4v) is 5.44. The predicted molar refractivity (Wildman–Crippen MR) is 112 cm³/mol. The fourth-order valence-electron chi connectivity index (χ4n) is 5.44. The summed E-state index contributed by atoms with van der Waals surface area (Å²) in [6.07, 6.45) is 7.75. The molecule has 5 rings (SSSR count). The molecule has 2 aromatic rings. The Morgan fingerprint density at radius 3 is 2.38 bits per heavy atom. The lowest BCUT2D eigenvalue weighted by Crippen LogP contribution is -2.28. The molecule has 3 aliphatic rings. The monoisotopic (exact) mass is 387 g/mol.